The second-order valence-electron chi connectivity index (χ2n) is 5.87. The van der Waals surface area contributed by atoms with Gasteiger partial charge in [-0.3, -0.25) is 9.69 Å². The highest BCUT2D eigenvalue weighted by Crippen LogP contribution is 2.27. The first kappa shape index (κ1) is 16.0. The summed E-state index contributed by atoms with van der Waals surface area (Å²) in [5, 5.41) is 6.97. The molecule has 1 atom stereocenters. The number of nitrogens with zero attached hydrogens (tertiary/aromatic N) is 2. The van der Waals surface area contributed by atoms with E-state index in [9.17, 15) is 4.79 Å². The monoisotopic (exact) mass is 311 g/mol. The van der Waals surface area contributed by atoms with E-state index in [1.165, 1.54) is 24.4 Å². The van der Waals surface area contributed by atoms with Crippen molar-refractivity contribution >= 4 is 28.3 Å². The number of nitrogens with one attached hydrogen (secondary N) is 2. The van der Waals surface area contributed by atoms with E-state index in [1.807, 2.05) is 13.8 Å². The number of aromatic nitrogens is 1. The van der Waals surface area contributed by atoms with E-state index in [0.717, 1.165) is 24.6 Å². The number of nitrogens with two attached hydrogens (primary N) is 1. The molecule has 4 N–H and O–H groups in total. The Morgan fingerprint density at radius 1 is 1.38 bits per heavy atom. The van der Waals surface area contributed by atoms with Crippen molar-refractivity contribution in [2.75, 3.05) is 30.7 Å². The van der Waals surface area contributed by atoms with E-state index in [4.69, 9.17) is 5.73 Å². The minimum absolute atomic E-state index is 0.0770. The Hall–Kier alpha value is -1.34. The standard InChI is InChI=1S/C14H25N5OS/c1-9(2)17-13(20)11-12(15)18-21-14(11)16-8-10(3)19-6-4-5-7-19/h9-10,16H,4-8H2,1-3H3,(H2,15,18)(H,17,20). The number of hydrogen-bond donors (Lipinski definition) is 3. The zero-order valence-corrected chi connectivity index (χ0v) is 13.8. The van der Waals surface area contributed by atoms with Gasteiger partial charge in [-0.15, -0.1) is 0 Å². The molecule has 118 valence electrons. The van der Waals surface area contributed by atoms with Crippen molar-refractivity contribution in [1.29, 1.82) is 0 Å². The van der Waals surface area contributed by atoms with Gasteiger partial charge < -0.3 is 16.4 Å². The second-order valence-corrected chi connectivity index (χ2v) is 6.65. The van der Waals surface area contributed by atoms with Gasteiger partial charge in [0.2, 0.25) is 0 Å². The summed E-state index contributed by atoms with van der Waals surface area (Å²) in [6, 6.07) is 0.519. The molecule has 0 bridgehead atoms. The number of hydrogen-bond acceptors (Lipinski definition) is 6. The molecule has 1 aliphatic heterocycles. The summed E-state index contributed by atoms with van der Waals surface area (Å²) in [7, 11) is 0. The minimum atomic E-state index is -0.160. The topological polar surface area (TPSA) is 83.3 Å². The largest absolute Gasteiger partial charge is 0.382 e. The van der Waals surface area contributed by atoms with Crippen LogP contribution in [0.1, 0.15) is 44.0 Å². The maximum absolute atomic E-state index is 12.2. The van der Waals surface area contributed by atoms with Crippen LogP contribution in [0.15, 0.2) is 0 Å². The fraction of sp³-hybridized carbons (Fsp3) is 0.714. The molecular weight excluding hydrogens is 286 g/mol. The molecule has 21 heavy (non-hydrogen) atoms. The van der Waals surface area contributed by atoms with Crippen LogP contribution in [-0.2, 0) is 0 Å². The molecule has 0 saturated carbocycles. The quantitative estimate of drug-likeness (QED) is 0.745. The molecular formula is C14H25N5OS. The Morgan fingerprint density at radius 2 is 2.05 bits per heavy atom. The Kier molecular flexibility index (Phi) is 5.41. The predicted octanol–water partition coefficient (Wildman–Crippen LogP) is 1.76. The van der Waals surface area contributed by atoms with Gasteiger partial charge in [0, 0.05) is 18.6 Å². The first-order valence-corrected chi connectivity index (χ1v) is 8.30. The Morgan fingerprint density at radius 3 is 2.67 bits per heavy atom. The molecule has 2 rings (SSSR count). The van der Waals surface area contributed by atoms with Crippen molar-refractivity contribution in [3.05, 3.63) is 5.56 Å². The van der Waals surface area contributed by atoms with E-state index in [1.54, 1.807) is 0 Å². The van der Waals surface area contributed by atoms with Crippen LogP contribution in [0.2, 0.25) is 0 Å². The van der Waals surface area contributed by atoms with Crippen molar-refractivity contribution in [1.82, 2.24) is 14.6 Å². The van der Waals surface area contributed by atoms with Crippen molar-refractivity contribution < 1.29 is 4.79 Å². The van der Waals surface area contributed by atoms with Gasteiger partial charge in [0.05, 0.1) is 0 Å². The van der Waals surface area contributed by atoms with Crippen LogP contribution in [0.3, 0.4) is 0 Å². The summed E-state index contributed by atoms with van der Waals surface area (Å²) < 4.78 is 4.10. The second kappa shape index (κ2) is 7.09. The number of nitrogen functional groups attached to an aromatic ring is 1. The number of carbonyl (C=O) groups is 1. The van der Waals surface area contributed by atoms with Crippen molar-refractivity contribution in [3.8, 4) is 0 Å². The molecule has 0 radical (unpaired) electrons. The van der Waals surface area contributed by atoms with Crippen LogP contribution in [-0.4, -0.2) is 46.9 Å². The summed E-state index contributed by atoms with van der Waals surface area (Å²) in [5.74, 6) is 0.141. The SMILES string of the molecule is CC(C)NC(=O)c1c(N)nsc1NCC(C)N1CCCC1. The highest BCUT2D eigenvalue weighted by Gasteiger charge is 2.22. The predicted molar refractivity (Wildman–Crippen MR) is 87.9 cm³/mol. The lowest BCUT2D eigenvalue weighted by atomic mass is 10.2. The van der Waals surface area contributed by atoms with Gasteiger partial charge in [-0.2, -0.15) is 4.37 Å². The minimum Gasteiger partial charge on any atom is -0.382 e. The molecule has 1 fully saturated rings. The van der Waals surface area contributed by atoms with Gasteiger partial charge in [0.25, 0.3) is 5.91 Å². The third-order valence-electron chi connectivity index (χ3n) is 3.69. The molecule has 1 aromatic heterocycles. The van der Waals surface area contributed by atoms with Crippen LogP contribution < -0.4 is 16.4 Å². The molecule has 0 aromatic carbocycles. The van der Waals surface area contributed by atoms with E-state index in [-0.39, 0.29) is 11.9 Å². The van der Waals surface area contributed by atoms with E-state index < -0.39 is 0 Å². The van der Waals surface area contributed by atoms with Crippen LogP contribution in [0, 0.1) is 0 Å². The molecule has 1 aromatic rings. The first-order valence-electron chi connectivity index (χ1n) is 7.53. The highest BCUT2D eigenvalue weighted by atomic mass is 32.1. The number of anilines is 2. The van der Waals surface area contributed by atoms with Gasteiger partial charge >= 0.3 is 0 Å². The Labute approximate surface area is 130 Å². The van der Waals surface area contributed by atoms with Crippen molar-refractivity contribution in [2.45, 2.75) is 45.7 Å². The number of carbonyl (C=O) groups excluding carboxylic acids is 1. The summed E-state index contributed by atoms with van der Waals surface area (Å²) in [6.07, 6.45) is 2.56. The number of amides is 1. The van der Waals surface area contributed by atoms with E-state index >= 15 is 0 Å². The normalized spacial score (nSPS) is 17.1. The smallest absolute Gasteiger partial charge is 0.258 e. The lowest BCUT2D eigenvalue weighted by Crippen LogP contribution is -2.36. The highest BCUT2D eigenvalue weighted by molar-refractivity contribution is 7.11. The summed E-state index contributed by atoms with van der Waals surface area (Å²) in [4.78, 5) is 14.6. The Balaban J connectivity index is 1.98. The molecule has 1 aliphatic rings. The maximum Gasteiger partial charge on any atom is 0.258 e. The molecule has 7 heteroatoms. The third kappa shape index (κ3) is 4.07. The van der Waals surface area contributed by atoms with E-state index in [0.29, 0.717) is 17.4 Å². The van der Waals surface area contributed by atoms with Crippen molar-refractivity contribution in [2.24, 2.45) is 0 Å². The van der Waals surface area contributed by atoms with Crippen LogP contribution >= 0.6 is 11.5 Å². The summed E-state index contributed by atoms with van der Waals surface area (Å²) in [6.45, 7) is 9.18. The van der Waals surface area contributed by atoms with Gasteiger partial charge in [-0.1, -0.05) is 0 Å². The lowest BCUT2D eigenvalue weighted by molar-refractivity contribution is 0.0945. The van der Waals surface area contributed by atoms with Gasteiger partial charge in [-0.05, 0) is 58.2 Å². The van der Waals surface area contributed by atoms with Gasteiger partial charge in [0.1, 0.15) is 10.6 Å². The summed E-state index contributed by atoms with van der Waals surface area (Å²) in [5.41, 5.74) is 6.31. The average molecular weight is 311 g/mol. The third-order valence-corrected chi connectivity index (χ3v) is 4.51. The van der Waals surface area contributed by atoms with Crippen LogP contribution in [0.5, 0.6) is 0 Å². The lowest BCUT2D eigenvalue weighted by Gasteiger charge is -2.24. The Bertz CT molecular complexity index is 482. The maximum atomic E-state index is 12.2. The molecule has 1 saturated heterocycles. The average Bonchev–Trinajstić information content (AvgIpc) is 3.04. The molecule has 6 nitrogen and oxygen atoms in total. The molecule has 1 amide bonds. The molecule has 0 spiro atoms. The van der Waals surface area contributed by atoms with Crippen molar-refractivity contribution in [3.63, 3.8) is 0 Å². The molecule has 2 heterocycles. The molecule has 1 unspecified atom stereocenters. The fourth-order valence-corrected chi connectivity index (χ4v) is 3.25. The van der Waals surface area contributed by atoms with E-state index in [2.05, 4.69) is 26.8 Å². The first-order chi connectivity index (χ1) is 9.99. The summed E-state index contributed by atoms with van der Waals surface area (Å²) >= 11 is 1.25. The number of likely N-dealkylation sites (tertiary alicyclic amines) is 1. The van der Waals surface area contributed by atoms with Gasteiger partial charge in [0.15, 0.2) is 5.82 Å². The zero-order valence-electron chi connectivity index (χ0n) is 13.0. The fourth-order valence-electron chi connectivity index (χ4n) is 2.53. The molecule has 0 aliphatic carbocycles. The van der Waals surface area contributed by atoms with Gasteiger partial charge in [-0.25, -0.2) is 0 Å². The number of rotatable bonds is 6. The zero-order chi connectivity index (χ0) is 15.4. The van der Waals surface area contributed by atoms with Crippen LogP contribution in [0.4, 0.5) is 10.8 Å². The van der Waals surface area contributed by atoms with Crippen LogP contribution in [0.25, 0.3) is 0 Å².